The van der Waals surface area contributed by atoms with Crippen molar-refractivity contribution in [3.05, 3.63) is 23.5 Å². The molecule has 0 radical (unpaired) electrons. The van der Waals surface area contributed by atoms with Gasteiger partial charge < -0.3 is 20.6 Å². The summed E-state index contributed by atoms with van der Waals surface area (Å²) in [6.07, 6.45) is 8.70. The number of rotatable bonds is 4. The first kappa shape index (κ1) is 18.4. The molecule has 0 atom stereocenters. The first-order valence-electron chi connectivity index (χ1n) is 9.17. The van der Waals surface area contributed by atoms with Crippen LogP contribution in [0.3, 0.4) is 0 Å². The van der Waals surface area contributed by atoms with Crippen LogP contribution in [-0.4, -0.2) is 52.3 Å². The molecule has 0 unspecified atom stereocenters. The molecule has 1 saturated carbocycles. The van der Waals surface area contributed by atoms with Crippen molar-refractivity contribution in [2.24, 2.45) is 0 Å². The number of piperidine rings is 1. The number of anilines is 1. The van der Waals surface area contributed by atoms with Crippen LogP contribution in [0, 0.1) is 0 Å². The van der Waals surface area contributed by atoms with Gasteiger partial charge in [0.15, 0.2) is 5.15 Å². The smallest absolute Gasteiger partial charge is 0.319 e. The molecule has 2 fully saturated rings. The maximum absolute atomic E-state index is 12.1. The molecule has 0 bridgehead atoms. The number of pyridine rings is 1. The van der Waals surface area contributed by atoms with Gasteiger partial charge in [0.25, 0.3) is 0 Å². The molecule has 2 heterocycles. The molecule has 1 saturated heterocycles. The lowest BCUT2D eigenvalue weighted by atomic mass is 9.84. The fourth-order valence-corrected chi connectivity index (χ4v) is 4.01. The van der Waals surface area contributed by atoms with Crippen LogP contribution in [0.15, 0.2) is 18.3 Å². The van der Waals surface area contributed by atoms with Gasteiger partial charge >= 0.3 is 6.03 Å². The molecule has 0 spiro atoms. The van der Waals surface area contributed by atoms with E-state index in [1.807, 2.05) is 0 Å². The number of urea groups is 1. The number of aliphatic hydroxyl groups is 1. The Labute approximate surface area is 154 Å². The van der Waals surface area contributed by atoms with Gasteiger partial charge in [0, 0.05) is 31.9 Å². The third-order valence-corrected chi connectivity index (χ3v) is 5.53. The quantitative estimate of drug-likeness (QED) is 0.716. The van der Waals surface area contributed by atoms with E-state index in [0.717, 1.165) is 58.2 Å². The number of halogens is 1. The van der Waals surface area contributed by atoms with Crippen molar-refractivity contribution >= 4 is 23.3 Å². The maximum Gasteiger partial charge on any atom is 0.319 e. The van der Waals surface area contributed by atoms with Crippen molar-refractivity contribution in [3.63, 3.8) is 0 Å². The number of amides is 2. The molecule has 2 aliphatic rings. The third kappa shape index (κ3) is 5.30. The predicted molar refractivity (Wildman–Crippen MR) is 98.9 cm³/mol. The van der Waals surface area contributed by atoms with E-state index in [0.29, 0.717) is 5.69 Å². The summed E-state index contributed by atoms with van der Waals surface area (Å²) in [5, 5.41) is 16.7. The van der Waals surface area contributed by atoms with E-state index in [1.165, 1.54) is 6.42 Å². The Kier molecular flexibility index (Phi) is 6.15. The van der Waals surface area contributed by atoms with Gasteiger partial charge in [-0.25, -0.2) is 9.78 Å². The topological polar surface area (TPSA) is 77.5 Å². The molecule has 1 aliphatic heterocycles. The molecule has 3 rings (SSSR count). The maximum atomic E-state index is 12.1. The Morgan fingerprint density at radius 1 is 1.32 bits per heavy atom. The van der Waals surface area contributed by atoms with Crippen LogP contribution < -0.4 is 10.6 Å². The van der Waals surface area contributed by atoms with Crippen molar-refractivity contribution in [2.45, 2.75) is 56.6 Å². The highest BCUT2D eigenvalue weighted by atomic mass is 35.5. The average molecular weight is 367 g/mol. The van der Waals surface area contributed by atoms with Crippen LogP contribution in [-0.2, 0) is 0 Å². The van der Waals surface area contributed by atoms with E-state index in [1.54, 1.807) is 18.3 Å². The van der Waals surface area contributed by atoms with Crippen LogP contribution in [0.1, 0.15) is 44.9 Å². The number of aromatic nitrogens is 1. The fourth-order valence-electron chi connectivity index (χ4n) is 3.84. The van der Waals surface area contributed by atoms with Crippen molar-refractivity contribution in [1.29, 1.82) is 0 Å². The van der Waals surface area contributed by atoms with Crippen LogP contribution in [0.2, 0.25) is 5.15 Å². The Morgan fingerprint density at radius 3 is 2.72 bits per heavy atom. The lowest BCUT2D eigenvalue weighted by molar-refractivity contribution is -0.0310. The molecular weight excluding hydrogens is 340 g/mol. The summed E-state index contributed by atoms with van der Waals surface area (Å²) in [4.78, 5) is 18.4. The average Bonchev–Trinajstić information content (AvgIpc) is 2.59. The number of hydrogen-bond acceptors (Lipinski definition) is 4. The SMILES string of the molecule is O=C(Nc1cccnc1Cl)NC1CCN(CC2(O)CCCCC2)CC1. The van der Waals surface area contributed by atoms with E-state index < -0.39 is 5.60 Å². The first-order chi connectivity index (χ1) is 12.0. The summed E-state index contributed by atoms with van der Waals surface area (Å²) in [5.41, 5.74) is 0.00562. The summed E-state index contributed by atoms with van der Waals surface area (Å²) in [6, 6.07) is 3.35. The normalized spacial score (nSPS) is 21.7. The predicted octanol–water partition coefficient (Wildman–Crippen LogP) is 3.02. The van der Waals surface area contributed by atoms with Gasteiger partial charge in [0.1, 0.15) is 0 Å². The molecule has 138 valence electrons. The van der Waals surface area contributed by atoms with E-state index >= 15 is 0 Å². The van der Waals surface area contributed by atoms with Gasteiger partial charge in [0.05, 0.1) is 11.3 Å². The number of carbonyl (C=O) groups is 1. The molecule has 3 N–H and O–H groups in total. The standard InChI is InChI=1S/C18H27ClN4O2/c19-16-15(5-4-10-20-16)22-17(24)21-14-6-11-23(12-7-14)13-18(25)8-2-1-3-9-18/h4-5,10,14,25H,1-3,6-9,11-13H2,(H2,21,22,24). The van der Waals surface area contributed by atoms with Gasteiger partial charge in [-0.15, -0.1) is 0 Å². The molecule has 1 aromatic rings. The van der Waals surface area contributed by atoms with Crippen LogP contribution in [0.4, 0.5) is 10.5 Å². The van der Waals surface area contributed by atoms with E-state index in [4.69, 9.17) is 11.6 Å². The van der Waals surface area contributed by atoms with E-state index in [2.05, 4.69) is 20.5 Å². The minimum Gasteiger partial charge on any atom is -0.389 e. The van der Waals surface area contributed by atoms with Gasteiger partial charge in [0.2, 0.25) is 0 Å². The van der Waals surface area contributed by atoms with Crippen molar-refractivity contribution < 1.29 is 9.90 Å². The lowest BCUT2D eigenvalue weighted by Gasteiger charge is -2.40. The molecule has 1 aromatic heterocycles. The second-order valence-corrected chi connectivity index (χ2v) is 7.63. The highest BCUT2D eigenvalue weighted by Gasteiger charge is 2.32. The Hall–Kier alpha value is -1.37. The largest absolute Gasteiger partial charge is 0.389 e. The van der Waals surface area contributed by atoms with Crippen LogP contribution in [0.5, 0.6) is 0 Å². The molecule has 7 heteroatoms. The van der Waals surface area contributed by atoms with Crippen LogP contribution >= 0.6 is 11.6 Å². The highest BCUT2D eigenvalue weighted by Crippen LogP contribution is 2.29. The van der Waals surface area contributed by atoms with Gasteiger partial charge in [-0.05, 0) is 37.8 Å². The highest BCUT2D eigenvalue weighted by molar-refractivity contribution is 6.32. The first-order valence-corrected chi connectivity index (χ1v) is 9.55. The fraction of sp³-hybridized carbons (Fsp3) is 0.667. The summed E-state index contributed by atoms with van der Waals surface area (Å²) in [7, 11) is 0. The summed E-state index contributed by atoms with van der Waals surface area (Å²) in [5.74, 6) is 0. The summed E-state index contributed by atoms with van der Waals surface area (Å²) < 4.78 is 0. The third-order valence-electron chi connectivity index (χ3n) is 5.23. The number of β-amino-alcohol motifs (C(OH)–C–C–N with tert-alkyl or cyclic N) is 1. The molecule has 2 amide bonds. The summed E-state index contributed by atoms with van der Waals surface area (Å²) in [6.45, 7) is 2.57. The molecular formula is C18H27ClN4O2. The molecule has 1 aliphatic carbocycles. The molecule has 6 nitrogen and oxygen atoms in total. The van der Waals surface area contributed by atoms with Crippen molar-refractivity contribution in [1.82, 2.24) is 15.2 Å². The minimum atomic E-state index is -0.507. The second kappa shape index (κ2) is 8.34. The number of nitrogens with one attached hydrogen (secondary N) is 2. The van der Waals surface area contributed by atoms with E-state index in [9.17, 15) is 9.90 Å². The van der Waals surface area contributed by atoms with Crippen molar-refractivity contribution in [2.75, 3.05) is 25.0 Å². The summed E-state index contributed by atoms with van der Waals surface area (Å²) >= 11 is 5.95. The zero-order valence-electron chi connectivity index (χ0n) is 14.5. The zero-order valence-corrected chi connectivity index (χ0v) is 15.3. The number of likely N-dealkylation sites (tertiary alicyclic amines) is 1. The number of hydrogen-bond donors (Lipinski definition) is 3. The lowest BCUT2D eigenvalue weighted by Crippen LogP contribution is -2.51. The van der Waals surface area contributed by atoms with E-state index in [-0.39, 0.29) is 17.2 Å². The Bertz CT molecular complexity index is 584. The van der Waals surface area contributed by atoms with Gasteiger partial charge in [-0.3, -0.25) is 0 Å². The van der Waals surface area contributed by atoms with Crippen molar-refractivity contribution in [3.8, 4) is 0 Å². The second-order valence-electron chi connectivity index (χ2n) is 7.28. The number of nitrogens with zero attached hydrogens (tertiary/aromatic N) is 2. The zero-order chi connectivity index (χ0) is 17.7. The Morgan fingerprint density at radius 2 is 2.04 bits per heavy atom. The van der Waals surface area contributed by atoms with Crippen LogP contribution in [0.25, 0.3) is 0 Å². The van der Waals surface area contributed by atoms with Gasteiger partial charge in [-0.1, -0.05) is 30.9 Å². The molecule has 0 aromatic carbocycles. The minimum absolute atomic E-state index is 0.146. The van der Waals surface area contributed by atoms with Gasteiger partial charge in [-0.2, -0.15) is 0 Å². The monoisotopic (exact) mass is 366 g/mol. The number of carbonyl (C=O) groups excluding carboxylic acids is 1. The Balaban J connectivity index is 1.41. The molecule has 25 heavy (non-hydrogen) atoms.